The second-order valence-electron chi connectivity index (χ2n) is 1.95. The van der Waals surface area contributed by atoms with Crippen molar-refractivity contribution >= 4 is 5.97 Å². The zero-order valence-electron chi connectivity index (χ0n) is 7.86. The zero-order valence-corrected chi connectivity index (χ0v) is 7.86. The van der Waals surface area contributed by atoms with Gasteiger partial charge in [0, 0.05) is 19.3 Å². The van der Waals surface area contributed by atoms with E-state index in [0.29, 0.717) is 6.61 Å². The Morgan fingerprint density at radius 1 is 1.31 bits per heavy atom. The third-order valence-corrected chi connectivity index (χ3v) is 0.914. The Labute approximate surface area is 77.9 Å². The number of carbonyl (C=O) groups is 1. The predicted molar refractivity (Wildman–Crippen MR) is 50.2 cm³/mol. The molecule has 0 atom stereocenters. The second-order valence-corrected chi connectivity index (χ2v) is 1.95. The average molecular weight is 185 g/mol. The highest BCUT2D eigenvalue weighted by Gasteiger charge is 1.81. The Kier molecular flexibility index (Phi) is 11.5. The molecular formula is C9H15NO3. The minimum Gasteiger partial charge on any atom is -0.466 e. The van der Waals surface area contributed by atoms with Crippen molar-refractivity contribution in [3.8, 4) is 0 Å². The van der Waals surface area contributed by atoms with Gasteiger partial charge < -0.3 is 10.2 Å². The summed E-state index contributed by atoms with van der Waals surface area (Å²) >= 11 is 0. The molecule has 0 unspecified atom stereocenters. The molecule has 0 saturated carbocycles. The largest absolute Gasteiger partial charge is 0.466 e. The van der Waals surface area contributed by atoms with E-state index in [2.05, 4.69) is 9.72 Å². The summed E-state index contributed by atoms with van der Waals surface area (Å²) in [6.07, 6.45) is 3.50. The number of hydrogen-bond acceptors (Lipinski definition) is 3. The van der Waals surface area contributed by atoms with Crippen molar-refractivity contribution in [2.75, 3.05) is 6.61 Å². The molecule has 0 saturated heterocycles. The third-order valence-electron chi connectivity index (χ3n) is 0.914. The molecule has 74 valence electrons. The molecule has 0 aromatic carbocycles. The van der Waals surface area contributed by atoms with Crippen LogP contribution in [0.1, 0.15) is 13.8 Å². The summed E-state index contributed by atoms with van der Waals surface area (Å²) in [5.41, 5.74) is 0. The highest BCUT2D eigenvalue weighted by molar-refractivity contribution is 5.65. The molecule has 1 aromatic rings. The van der Waals surface area contributed by atoms with Gasteiger partial charge >= 0.3 is 5.97 Å². The minimum atomic E-state index is -0.211. The van der Waals surface area contributed by atoms with Crippen LogP contribution in [0.4, 0.5) is 0 Å². The molecule has 0 aliphatic rings. The smallest absolute Gasteiger partial charge is 0.302 e. The number of ether oxygens (including phenoxy) is 1. The van der Waals surface area contributed by atoms with Gasteiger partial charge in [0.15, 0.2) is 0 Å². The summed E-state index contributed by atoms with van der Waals surface area (Å²) in [7, 11) is 0. The maximum atomic E-state index is 9.82. The number of aromatic nitrogens is 1. The van der Waals surface area contributed by atoms with Gasteiger partial charge in [-0.1, -0.05) is 6.07 Å². The molecule has 2 N–H and O–H groups in total. The van der Waals surface area contributed by atoms with Crippen LogP contribution in [0.2, 0.25) is 0 Å². The van der Waals surface area contributed by atoms with E-state index in [1.165, 1.54) is 6.92 Å². The van der Waals surface area contributed by atoms with E-state index in [0.717, 1.165) is 0 Å². The van der Waals surface area contributed by atoms with Gasteiger partial charge in [-0.2, -0.15) is 0 Å². The molecule has 0 aliphatic heterocycles. The molecule has 0 aliphatic carbocycles. The van der Waals surface area contributed by atoms with Crippen molar-refractivity contribution in [2.45, 2.75) is 13.8 Å². The molecule has 1 rings (SSSR count). The number of nitrogens with zero attached hydrogens (tertiary/aromatic N) is 1. The van der Waals surface area contributed by atoms with Crippen LogP contribution >= 0.6 is 0 Å². The lowest BCUT2D eigenvalue weighted by molar-refractivity contribution is -0.140. The van der Waals surface area contributed by atoms with Crippen LogP contribution < -0.4 is 0 Å². The van der Waals surface area contributed by atoms with Gasteiger partial charge in [0.05, 0.1) is 6.61 Å². The van der Waals surface area contributed by atoms with Crippen molar-refractivity contribution in [3.63, 3.8) is 0 Å². The topological polar surface area (TPSA) is 70.7 Å². The molecule has 4 heteroatoms. The lowest BCUT2D eigenvalue weighted by atomic mass is 10.5. The van der Waals surface area contributed by atoms with Crippen molar-refractivity contribution in [1.82, 2.24) is 4.98 Å². The number of carbonyl (C=O) groups excluding carboxylic acids is 1. The Bertz CT molecular complexity index is 175. The summed E-state index contributed by atoms with van der Waals surface area (Å²) in [6, 6.07) is 5.72. The number of pyridine rings is 1. The van der Waals surface area contributed by atoms with Gasteiger partial charge in [0.1, 0.15) is 0 Å². The maximum Gasteiger partial charge on any atom is 0.302 e. The van der Waals surface area contributed by atoms with Gasteiger partial charge in [-0.15, -0.1) is 0 Å². The summed E-state index contributed by atoms with van der Waals surface area (Å²) in [6.45, 7) is 3.65. The van der Waals surface area contributed by atoms with Gasteiger partial charge in [-0.05, 0) is 19.1 Å². The van der Waals surface area contributed by atoms with Crippen molar-refractivity contribution in [2.24, 2.45) is 0 Å². The molecule has 0 fully saturated rings. The molecule has 13 heavy (non-hydrogen) atoms. The molecule has 4 nitrogen and oxygen atoms in total. The molecular weight excluding hydrogens is 170 g/mol. The Morgan fingerprint density at radius 3 is 1.92 bits per heavy atom. The maximum absolute atomic E-state index is 9.82. The normalized spacial score (nSPS) is 7.23. The summed E-state index contributed by atoms with van der Waals surface area (Å²) in [5, 5.41) is 0. The van der Waals surface area contributed by atoms with E-state index in [-0.39, 0.29) is 11.4 Å². The molecule has 0 radical (unpaired) electrons. The van der Waals surface area contributed by atoms with Crippen LogP contribution in [0, 0.1) is 0 Å². The van der Waals surface area contributed by atoms with Crippen LogP contribution in [0.15, 0.2) is 30.6 Å². The van der Waals surface area contributed by atoms with Gasteiger partial charge in [0.2, 0.25) is 0 Å². The van der Waals surface area contributed by atoms with Gasteiger partial charge in [-0.25, -0.2) is 0 Å². The van der Waals surface area contributed by atoms with E-state index >= 15 is 0 Å². The minimum absolute atomic E-state index is 0. The number of hydrogen-bond donors (Lipinski definition) is 0. The molecule has 0 amide bonds. The van der Waals surface area contributed by atoms with E-state index in [9.17, 15) is 4.79 Å². The summed E-state index contributed by atoms with van der Waals surface area (Å²) in [4.78, 5) is 13.6. The summed E-state index contributed by atoms with van der Waals surface area (Å²) in [5.74, 6) is -0.211. The quantitative estimate of drug-likeness (QED) is 0.608. The van der Waals surface area contributed by atoms with Gasteiger partial charge in [-0.3, -0.25) is 9.78 Å². The highest BCUT2D eigenvalue weighted by atomic mass is 16.5. The van der Waals surface area contributed by atoms with Gasteiger partial charge in [0.25, 0.3) is 0 Å². The molecule has 0 bridgehead atoms. The fourth-order valence-electron chi connectivity index (χ4n) is 0.516. The molecule has 1 aromatic heterocycles. The van der Waals surface area contributed by atoms with E-state index in [1.54, 1.807) is 19.3 Å². The van der Waals surface area contributed by atoms with E-state index in [4.69, 9.17) is 0 Å². The van der Waals surface area contributed by atoms with Crippen molar-refractivity contribution in [1.29, 1.82) is 0 Å². The SMILES string of the molecule is CCOC(C)=O.O.c1ccncc1. The van der Waals surface area contributed by atoms with Crippen LogP contribution in [-0.4, -0.2) is 23.0 Å². The zero-order chi connectivity index (χ0) is 9.23. The first-order valence-corrected chi connectivity index (χ1v) is 3.75. The van der Waals surface area contributed by atoms with Crippen LogP contribution in [0.3, 0.4) is 0 Å². The van der Waals surface area contributed by atoms with Crippen molar-refractivity contribution in [3.05, 3.63) is 30.6 Å². The van der Waals surface area contributed by atoms with Crippen molar-refractivity contribution < 1.29 is 15.0 Å². The third kappa shape index (κ3) is 13.6. The number of esters is 1. The van der Waals surface area contributed by atoms with Crippen LogP contribution in [0.5, 0.6) is 0 Å². The molecule has 0 spiro atoms. The Morgan fingerprint density at radius 2 is 1.85 bits per heavy atom. The van der Waals surface area contributed by atoms with Crippen LogP contribution in [0.25, 0.3) is 0 Å². The lowest BCUT2D eigenvalue weighted by Gasteiger charge is -1.89. The first-order chi connectivity index (χ1) is 5.77. The summed E-state index contributed by atoms with van der Waals surface area (Å²) < 4.78 is 4.40. The van der Waals surface area contributed by atoms with E-state index in [1.807, 2.05) is 18.2 Å². The highest BCUT2D eigenvalue weighted by Crippen LogP contribution is 1.73. The Hall–Kier alpha value is -1.42. The average Bonchev–Trinajstić information content (AvgIpc) is 2.08. The fourth-order valence-corrected chi connectivity index (χ4v) is 0.516. The second kappa shape index (κ2) is 10.6. The van der Waals surface area contributed by atoms with E-state index < -0.39 is 0 Å². The Balaban J connectivity index is 0. The van der Waals surface area contributed by atoms with Crippen LogP contribution in [-0.2, 0) is 9.53 Å². The monoisotopic (exact) mass is 185 g/mol. The first-order valence-electron chi connectivity index (χ1n) is 3.75. The lowest BCUT2D eigenvalue weighted by Crippen LogP contribution is -1.95. The first kappa shape index (κ1) is 14.1. The predicted octanol–water partition coefficient (Wildman–Crippen LogP) is 0.826. The fraction of sp³-hybridized carbons (Fsp3) is 0.333. The standard InChI is InChI=1S/C5H5N.C4H8O2.H2O/c1-2-4-6-5-3-1;1-3-6-4(2)5;/h1-5H;3H2,1-2H3;1H2. The number of rotatable bonds is 1. The molecule has 1 heterocycles.